The van der Waals surface area contributed by atoms with E-state index >= 15 is 0 Å². The first kappa shape index (κ1) is 16.7. The SMILES string of the molecule is COC(C)(C)CCc1ccc(C(C)(C)CC(=O)O)cc1. The van der Waals surface area contributed by atoms with E-state index in [4.69, 9.17) is 9.84 Å². The highest BCUT2D eigenvalue weighted by atomic mass is 16.5. The number of hydrogen-bond donors (Lipinski definition) is 1. The van der Waals surface area contributed by atoms with Gasteiger partial charge < -0.3 is 9.84 Å². The predicted octanol–water partition coefficient (Wildman–Crippen LogP) is 3.80. The summed E-state index contributed by atoms with van der Waals surface area (Å²) in [6.07, 6.45) is 2.06. The van der Waals surface area contributed by atoms with E-state index in [1.54, 1.807) is 7.11 Å². The van der Waals surface area contributed by atoms with Crippen molar-refractivity contribution in [3.63, 3.8) is 0 Å². The molecule has 112 valence electrons. The molecule has 0 atom stereocenters. The van der Waals surface area contributed by atoms with Gasteiger partial charge in [0.25, 0.3) is 0 Å². The van der Waals surface area contributed by atoms with Crippen molar-refractivity contribution in [1.29, 1.82) is 0 Å². The predicted molar refractivity (Wildman–Crippen MR) is 81.1 cm³/mol. The van der Waals surface area contributed by atoms with Gasteiger partial charge in [0, 0.05) is 12.5 Å². The summed E-state index contributed by atoms with van der Waals surface area (Å²) in [7, 11) is 1.73. The molecule has 0 bridgehead atoms. The van der Waals surface area contributed by atoms with E-state index in [1.807, 2.05) is 26.0 Å². The lowest BCUT2D eigenvalue weighted by atomic mass is 9.81. The number of rotatable bonds is 7. The van der Waals surface area contributed by atoms with Crippen LogP contribution in [-0.2, 0) is 21.4 Å². The molecule has 0 unspecified atom stereocenters. The Bertz CT molecular complexity index is 444. The van der Waals surface area contributed by atoms with Crippen molar-refractivity contribution in [2.24, 2.45) is 0 Å². The van der Waals surface area contributed by atoms with E-state index in [9.17, 15) is 4.79 Å². The summed E-state index contributed by atoms with van der Waals surface area (Å²) in [5, 5.41) is 8.95. The Balaban J connectivity index is 2.71. The third kappa shape index (κ3) is 4.97. The zero-order valence-electron chi connectivity index (χ0n) is 13.2. The molecule has 3 heteroatoms. The van der Waals surface area contributed by atoms with Crippen LogP contribution in [0, 0.1) is 0 Å². The number of carboxylic acid groups (broad SMARTS) is 1. The molecular weight excluding hydrogens is 252 g/mol. The Morgan fingerprint density at radius 3 is 2.15 bits per heavy atom. The summed E-state index contributed by atoms with van der Waals surface area (Å²) >= 11 is 0. The van der Waals surface area contributed by atoms with Gasteiger partial charge in [0.1, 0.15) is 0 Å². The van der Waals surface area contributed by atoms with Crippen molar-refractivity contribution >= 4 is 5.97 Å². The molecule has 1 rings (SSSR count). The maximum absolute atomic E-state index is 10.9. The van der Waals surface area contributed by atoms with Gasteiger partial charge in [0.05, 0.1) is 12.0 Å². The Hall–Kier alpha value is -1.35. The zero-order valence-corrected chi connectivity index (χ0v) is 13.2. The number of carbonyl (C=O) groups is 1. The number of ether oxygens (including phenoxy) is 1. The summed E-state index contributed by atoms with van der Waals surface area (Å²) in [6, 6.07) is 8.26. The molecule has 1 aromatic carbocycles. The maximum atomic E-state index is 10.9. The lowest BCUT2D eigenvalue weighted by Gasteiger charge is -2.24. The van der Waals surface area contributed by atoms with Crippen LogP contribution in [0.2, 0.25) is 0 Å². The number of methoxy groups -OCH3 is 1. The highest BCUT2D eigenvalue weighted by Gasteiger charge is 2.24. The molecule has 0 saturated carbocycles. The number of aliphatic carboxylic acids is 1. The second-order valence-corrected chi connectivity index (χ2v) is 6.62. The van der Waals surface area contributed by atoms with Crippen molar-refractivity contribution < 1.29 is 14.6 Å². The van der Waals surface area contributed by atoms with Crippen LogP contribution in [0.1, 0.15) is 51.7 Å². The molecule has 3 nitrogen and oxygen atoms in total. The van der Waals surface area contributed by atoms with Crippen molar-refractivity contribution in [1.82, 2.24) is 0 Å². The van der Waals surface area contributed by atoms with Gasteiger partial charge in [-0.2, -0.15) is 0 Å². The first-order chi connectivity index (χ1) is 9.16. The van der Waals surface area contributed by atoms with Gasteiger partial charge in [-0.25, -0.2) is 0 Å². The van der Waals surface area contributed by atoms with E-state index in [0.717, 1.165) is 18.4 Å². The summed E-state index contributed by atoms with van der Waals surface area (Å²) in [6.45, 7) is 8.09. The topological polar surface area (TPSA) is 46.5 Å². The van der Waals surface area contributed by atoms with Gasteiger partial charge in [0.15, 0.2) is 0 Å². The van der Waals surface area contributed by atoms with Crippen LogP contribution in [0.15, 0.2) is 24.3 Å². The van der Waals surface area contributed by atoms with E-state index in [2.05, 4.69) is 26.0 Å². The van der Waals surface area contributed by atoms with Crippen LogP contribution < -0.4 is 0 Å². The molecule has 0 fully saturated rings. The van der Waals surface area contributed by atoms with Crippen molar-refractivity contribution in [3.8, 4) is 0 Å². The van der Waals surface area contributed by atoms with Crippen molar-refractivity contribution in [2.45, 2.75) is 58.0 Å². The van der Waals surface area contributed by atoms with Crippen molar-refractivity contribution in [3.05, 3.63) is 35.4 Å². The number of aryl methyl sites for hydroxylation is 1. The monoisotopic (exact) mass is 278 g/mol. The van der Waals surface area contributed by atoms with E-state index in [-0.39, 0.29) is 17.4 Å². The van der Waals surface area contributed by atoms with Gasteiger partial charge in [-0.05, 0) is 37.8 Å². The van der Waals surface area contributed by atoms with E-state index in [0.29, 0.717) is 0 Å². The number of benzene rings is 1. The molecule has 0 amide bonds. The van der Waals surface area contributed by atoms with Crippen LogP contribution >= 0.6 is 0 Å². The average molecular weight is 278 g/mol. The fourth-order valence-corrected chi connectivity index (χ4v) is 2.15. The quantitative estimate of drug-likeness (QED) is 0.825. The lowest BCUT2D eigenvalue weighted by Crippen LogP contribution is -2.23. The number of carboxylic acids is 1. The molecular formula is C17H26O3. The third-order valence-corrected chi connectivity index (χ3v) is 3.90. The Morgan fingerprint density at radius 1 is 1.15 bits per heavy atom. The van der Waals surface area contributed by atoms with Crippen LogP contribution in [0.5, 0.6) is 0 Å². The molecule has 0 aliphatic rings. The van der Waals surface area contributed by atoms with E-state index in [1.165, 1.54) is 5.56 Å². The average Bonchev–Trinajstić information content (AvgIpc) is 2.35. The van der Waals surface area contributed by atoms with E-state index < -0.39 is 5.97 Å². The molecule has 0 heterocycles. The highest BCUT2D eigenvalue weighted by Crippen LogP contribution is 2.27. The largest absolute Gasteiger partial charge is 0.481 e. The summed E-state index contributed by atoms with van der Waals surface area (Å²) in [5.74, 6) is -0.763. The molecule has 0 spiro atoms. The molecule has 0 radical (unpaired) electrons. The Kier molecular flexibility index (Phi) is 5.35. The Morgan fingerprint density at radius 2 is 1.70 bits per heavy atom. The Labute approximate surface area is 122 Å². The second kappa shape index (κ2) is 6.40. The molecule has 0 aliphatic heterocycles. The zero-order chi connectivity index (χ0) is 15.4. The smallest absolute Gasteiger partial charge is 0.304 e. The van der Waals surface area contributed by atoms with Gasteiger partial charge in [-0.15, -0.1) is 0 Å². The first-order valence-corrected chi connectivity index (χ1v) is 7.03. The minimum atomic E-state index is -0.763. The van der Waals surface area contributed by atoms with Crippen LogP contribution in [-0.4, -0.2) is 23.8 Å². The number of hydrogen-bond acceptors (Lipinski definition) is 2. The lowest BCUT2D eigenvalue weighted by molar-refractivity contribution is -0.138. The van der Waals surface area contributed by atoms with Gasteiger partial charge in [0.2, 0.25) is 0 Å². The van der Waals surface area contributed by atoms with Crippen LogP contribution in [0.4, 0.5) is 0 Å². The molecule has 0 saturated heterocycles. The minimum Gasteiger partial charge on any atom is -0.481 e. The fraction of sp³-hybridized carbons (Fsp3) is 0.588. The third-order valence-electron chi connectivity index (χ3n) is 3.90. The summed E-state index contributed by atoms with van der Waals surface area (Å²) in [5.41, 5.74) is 1.87. The van der Waals surface area contributed by atoms with Gasteiger partial charge in [-0.1, -0.05) is 38.1 Å². The molecule has 1 N–H and O–H groups in total. The summed E-state index contributed by atoms with van der Waals surface area (Å²) < 4.78 is 5.42. The molecule has 1 aromatic rings. The molecule has 0 aromatic heterocycles. The highest BCUT2D eigenvalue weighted by molar-refractivity contribution is 5.68. The standard InChI is InChI=1S/C17H26O3/c1-16(2,12-15(18)19)14-8-6-13(7-9-14)10-11-17(3,4)20-5/h6-9H,10-12H2,1-5H3,(H,18,19). The second-order valence-electron chi connectivity index (χ2n) is 6.62. The minimum absolute atomic E-state index is 0.110. The van der Waals surface area contributed by atoms with Crippen molar-refractivity contribution in [2.75, 3.05) is 7.11 Å². The van der Waals surface area contributed by atoms with Gasteiger partial charge >= 0.3 is 5.97 Å². The van der Waals surface area contributed by atoms with Crippen LogP contribution in [0.3, 0.4) is 0 Å². The first-order valence-electron chi connectivity index (χ1n) is 7.03. The normalized spacial score (nSPS) is 12.4. The van der Waals surface area contributed by atoms with Gasteiger partial charge in [-0.3, -0.25) is 4.79 Å². The molecule has 0 aliphatic carbocycles. The fourth-order valence-electron chi connectivity index (χ4n) is 2.15. The summed E-state index contributed by atoms with van der Waals surface area (Å²) in [4.78, 5) is 10.9. The molecule has 20 heavy (non-hydrogen) atoms. The van der Waals surface area contributed by atoms with Crippen LogP contribution in [0.25, 0.3) is 0 Å². The maximum Gasteiger partial charge on any atom is 0.304 e.